The van der Waals surface area contributed by atoms with Crippen molar-refractivity contribution in [3.8, 4) is 0 Å². The molecule has 0 aromatic rings. The highest BCUT2D eigenvalue weighted by Crippen LogP contribution is 2.52. The van der Waals surface area contributed by atoms with Crippen molar-refractivity contribution in [3.63, 3.8) is 0 Å². The normalized spacial score (nSPS) is 37.2. The minimum absolute atomic E-state index is 0.0769. The Hall–Kier alpha value is -2.18. The van der Waals surface area contributed by atoms with Gasteiger partial charge in [-0.25, -0.2) is 9.59 Å². The lowest BCUT2D eigenvalue weighted by Gasteiger charge is -2.28. The van der Waals surface area contributed by atoms with Crippen molar-refractivity contribution in [2.45, 2.75) is 31.2 Å². The highest BCUT2D eigenvalue weighted by atomic mass is 16.6. The number of fused-ring (bicyclic) bond motifs is 3. The molecular weight excluding hydrogens is 324 g/mol. The Labute approximate surface area is 146 Å². The molecule has 134 valence electrons. The number of hydrogen-bond acceptors (Lipinski definition) is 6. The Morgan fingerprint density at radius 1 is 1.16 bits per heavy atom. The fraction of sp³-hybridized carbons (Fsp3) is 0.474. The molecule has 3 rings (SSSR count). The zero-order valence-electron chi connectivity index (χ0n) is 13.9. The average molecular weight is 346 g/mol. The molecule has 0 radical (unpaired) electrons. The summed E-state index contributed by atoms with van der Waals surface area (Å²) in [6.45, 7) is 14.8. The lowest BCUT2D eigenvalue weighted by molar-refractivity contribution is -0.148. The molecule has 3 aliphatic rings. The van der Waals surface area contributed by atoms with Gasteiger partial charge in [-0.1, -0.05) is 37.5 Å². The van der Waals surface area contributed by atoms with Crippen LogP contribution in [0.1, 0.15) is 12.8 Å². The van der Waals surface area contributed by atoms with E-state index in [0.717, 1.165) is 11.1 Å². The molecule has 2 N–H and O–H groups in total. The van der Waals surface area contributed by atoms with Gasteiger partial charge in [0.1, 0.15) is 12.2 Å². The van der Waals surface area contributed by atoms with Crippen LogP contribution >= 0.6 is 0 Å². The minimum atomic E-state index is -0.738. The number of ether oxygens (including phenoxy) is 2. The molecular formula is C19H22O6. The van der Waals surface area contributed by atoms with Crippen molar-refractivity contribution in [3.05, 3.63) is 48.6 Å². The molecule has 2 aliphatic carbocycles. The molecule has 0 unspecified atom stereocenters. The lowest BCUT2D eigenvalue weighted by atomic mass is 9.81. The van der Waals surface area contributed by atoms with Crippen molar-refractivity contribution >= 4 is 11.9 Å². The molecule has 1 saturated heterocycles. The molecule has 1 heterocycles. The Balaban J connectivity index is 1.98. The molecule has 0 amide bonds. The van der Waals surface area contributed by atoms with Crippen LogP contribution in [0.25, 0.3) is 0 Å². The van der Waals surface area contributed by atoms with E-state index in [-0.39, 0.29) is 29.4 Å². The van der Waals surface area contributed by atoms with Crippen LogP contribution in [0.3, 0.4) is 0 Å². The summed E-state index contributed by atoms with van der Waals surface area (Å²) in [6.07, 6.45) is -1.29. The summed E-state index contributed by atoms with van der Waals surface area (Å²) >= 11 is 0. The number of aliphatic hydroxyl groups excluding tert-OH is 2. The van der Waals surface area contributed by atoms with Crippen molar-refractivity contribution < 1.29 is 29.3 Å². The molecule has 6 nitrogen and oxygen atoms in total. The first kappa shape index (κ1) is 17.6. The minimum Gasteiger partial charge on any atom is -0.458 e. The van der Waals surface area contributed by atoms with E-state index in [4.69, 9.17) is 14.6 Å². The highest BCUT2D eigenvalue weighted by Gasteiger charge is 2.57. The molecule has 3 fully saturated rings. The second-order valence-electron chi connectivity index (χ2n) is 6.97. The summed E-state index contributed by atoms with van der Waals surface area (Å²) in [7, 11) is 0. The topological polar surface area (TPSA) is 93.1 Å². The van der Waals surface area contributed by atoms with E-state index in [1.807, 2.05) is 0 Å². The van der Waals surface area contributed by atoms with Crippen LogP contribution in [-0.2, 0) is 19.1 Å². The van der Waals surface area contributed by atoms with Gasteiger partial charge in [0.15, 0.2) is 0 Å². The first-order chi connectivity index (χ1) is 11.8. The summed E-state index contributed by atoms with van der Waals surface area (Å²) in [5.74, 6) is -2.39. The number of rotatable bonds is 3. The van der Waals surface area contributed by atoms with Crippen LogP contribution in [-0.4, -0.2) is 47.1 Å². The van der Waals surface area contributed by atoms with Crippen LogP contribution < -0.4 is 0 Å². The standard InChI is InChI=1S/C19H22O6/c1-8-5-12(21)14-9(2)6-13(24-18(22)10(3)7-20)16-11(4)19(23)25-17(16)15(8)14/h12-17,20-21H,1-7H2/t12-,13+,14-,15+,16-,17-/m1/s1. The fourth-order valence-electron chi connectivity index (χ4n) is 4.25. The Kier molecular flexibility index (Phi) is 4.43. The van der Waals surface area contributed by atoms with Gasteiger partial charge in [0.25, 0.3) is 0 Å². The van der Waals surface area contributed by atoms with Crippen molar-refractivity contribution in [1.82, 2.24) is 0 Å². The molecule has 0 aromatic heterocycles. The lowest BCUT2D eigenvalue weighted by Crippen LogP contribution is -2.36. The predicted molar refractivity (Wildman–Crippen MR) is 89.1 cm³/mol. The average Bonchev–Trinajstić information content (AvgIpc) is 2.96. The largest absolute Gasteiger partial charge is 0.458 e. The summed E-state index contributed by atoms with van der Waals surface area (Å²) in [4.78, 5) is 24.2. The van der Waals surface area contributed by atoms with Gasteiger partial charge < -0.3 is 19.7 Å². The Morgan fingerprint density at radius 3 is 2.44 bits per heavy atom. The number of aliphatic hydroxyl groups is 2. The third-order valence-corrected chi connectivity index (χ3v) is 5.43. The van der Waals surface area contributed by atoms with Gasteiger partial charge in [0.05, 0.1) is 24.2 Å². The van der Waals surface area contributed by atoms with E-state index < -0.39 is 42.8 Å². The first-order valence-corrected chi connectivity index (χ1v) is 8.19. The molecule has 6 atom stereocenters. The second-order valence-corrected chi connectivity index (χ2v) is 6.97. The van der Waals surface area contributed by atoms with E-state index in [1.165, 1.54) is 0 Å². The monoisotopic (exact) mass is 346 g/mol. The van der Waals surface area contributed by atoms with Crippen LogP contribution in [0, 0.1) is 17.8 Å². The summed E-state index contributed by atoms with van der Waals surface area (Å²) in [5, 5.41) is 19.5. The molecule has 0 aromatic carbocycles. The Bertz CT molecular complexity index is 690. The first-order valence-electron chi connectivity index (χ1n) is 8.19. The molecule has 0 bridgehead atoms. The number of carbonyl (C=O) groups is 2. The van der Waals surface area contributed by atoms with E-state index in [9.17, 15) is 14.7 Å². The maximum atomic E-state index is 12.1. The van der Waals surface area contributed by atoms with Crippen LogP contribution in [0.5, 0.6) is 0 Å². The zero-order valence-corrected chi connectivity index (χ0v) is 13.9. The van der Waals surface area contributed by atoms with Crippen LogP contribution in [0.4, 0.5) is 0 Å². The SMILES string of the molecule is C=C(CO)C(=O)O[C@H]1CC(=C)[C@H]2[C@H](C(=C)C[C@H]2O)[C@H]2OC(=O)C(=C)[C@@H]21. The van der Waals surface area contributed by atoms with E-state index in [1.54, 1.807) is 0 Å². The maximum Gasteiger partial charge on any atom is 0.336 e. The van der Waals surface area contributed by atoms with Crippen molar-refractivity contribution in [2.75, 3.05) is 6.61 Å². The third kappa shape index (κ3) is 2.75. The van der Waals surface area contributed by atoms with Crippen molar-refractivity contribution in [2.24, 2.45) is 17.8 Å². The fourth-order valence-corrected chi connectivity index (χ4v) is 4.25. The van der Waals surface area contributed by atoms with Gasteiger partial charge in [0.2, 0.25) is 0 Å². The summed E-state index contributed by atoms with van der Waals surface area (Å²) in [5.41, 5.74) is 1.68. The van der Waals surface area contributed by atoms with Gasteiger partial charge in [-0.05, 0) is 6.42 Å². The molecule has 1 aliphatic heterocycles. The van der Waals surface area contributed by atoms with E-state index in [2.05, 4.69) is 26.3 Å². The second kappa shape index (κ2) is 6.28. The quantitative estimate of drug-likeness (QED) is 0.451. The van der Waals surface area contributed by atoms with Gasteiger partial charge in [-0.3, -0.25) is 0 Å². The summed E-state index contributed by atoms with van der Waals surface area (Å²) in [6, 6.07) is 0. The maximum absolute atomic E-state index is 12.1. The van der Waals surface area contributed by atoms with Crippen molar-refractivity contribution in [1.29, 1.82) is 0 Å². The van der Waals surface area contributed by atoms with Gasteiger partial charge in [-0.15, -0.1) is 0 Å². The molecule has 2 saturated carbocycles. The zero-order chi connectivity index (χ0) is 18.5. The number of esters is 2. The molecule has 6 heteroatoms. The van der Waals surface area contributed by atoms with Gasteiger partial charge in [-0.2, -0.15) is 0 Å². The van der Waals surface area contributed by atoms with Crippen LogP contribution in [0.2, 0.25) is 0 Å². The molecule has 0 spiro atoms. The number of hydrogen-bond donors (Lipinski definition) is 2. The summed E-state index contributed by atoms with van der Waals surface area (Å²) < 4.78 is 11.0. The predicted octanol–water partition coefficient (Wildman–Crippen LogP) is 1.06. The third-order valence-electron chi connectivity index (χ3n) is 5.43. The molecule has 25 heavy (non-hydrogen) atoms. The van der Waals surface area contributed by atoms with E-state index in [0.29, 0.717) is 6.42 Å². The number of carbonyl (C=O) groups excluding carboxylic acids is 2. The van der Waals surface area contributed by atoms with Gasteiger partial charge in [0, 0.05) is 23.8 Å². The highest BCUT2D eigenvalue weighted by molar-refractivity contribution is 5.92. The van der Waals surface area contributed by atoms with Gasteiger partial charge >= 0.3 is 11.9 Å². The van der Waals surface area contributed by atoms with E-state index >= 15 is 0 Å². The van der Waals surface area contributed by atoms with Crippen LogP contribution in [0.15, 0.2) is 48.6 Å². The Morgan fingerprint density at radius 2 is 1.80 bits per heavy atom. The smallest absolute Gasteiger partial charge is 0.336 e.